The largest absolute Gasteiger partial charge is 0.494 e. The zero-order valence-electron chi connectivity index (χ0n) is 19.0. The Morgan fingerprint density at radius 3 is 2.36 bits per heavy atom. The number of ether oxygens (including phenoxy) is 1. The molecule has 0 saturated carbocycles. The molecule has 3 heterocycles. The molecule has 0 N–H and O–H groups in total. The lowest BCUT2D eigenvalue weighted by Gasteiger charge is -2.42. The van der Waals surface area contributed by atoms with Crippen molar-refractivity contribution in [2.45, 2.75) is 43.5 Å². The number of para-hydroxylation sites is 2. The molecule has 5 rings (SSSR count). The van der Waals surface area contributed by atoms with Crippen molar-refractivity contribution in [1.82, 2.24) is 4.31 Å². The van der Waals surface area contributed by atoms with E-state index in [4.69, 9.17) is 4.74 Å². The number of anilines is 2. The van der Waals surface area contributed by atoms with E-state index in [1.807, 2.05) is 30.0 Å². The Hall–Kier alpha value is -2.58. The minimum absolute atomic E-state index is 0.132. The van der Waals surface area contributed by atoms with Crippen LogP contribution in [0.3, 0.4) is 0 Å². The van der Waals surface area contributed by atoms with Gasteiger partial charge in [-0.05, 0) is 69.0 Å². The maximum absolute atomic E-state index is 13.6. The number of sulfonamides is 1. The van der Waals surface area contributed by atoms with E-state index in [0.717, 1.165) is 37.3 Å². The van der Waals surface area contributed by atoms with Crippen LogP contribution in [0.2, 0.25) is 0 Å². The van der Waals surface area contributed by atoms with Gasteiger partial charge in [-0.3, -0.25) is 4.79 Å². The van der Waals surface area contributed by atoms with Gasteiger partial charge in [-0.25, -0.2) is 8.42 Å². The molecule has 8 heteroatoms. The predicted octanol–water partition coefficient (Wildman–Crippen LogP) is 3.50. The molecule has 0 unspecified atom stereocenters. The quantitative estimate of drug-likeness (QED) is 0.670. The number of piperidine rings is 1. The Labute approximate surface area is 196 Å². The fraction of sp³-hybridized carbons (Fsp3) is 0.480. The fourth-order valence-corrected chi connectivity index (χ4v) is 6.85. The minimum Gasteiger partial charge on any atom is -0.494 e. The topological polar surface area (TPSA) is 70.2 Å². The van der Waals surface area contributed by atoms with Gasteiger partial charge in [-0.2, -0.15) is 4.31 Å². The summed E-state index contributed by atoms with van der Waals surface area (Å²) in [5, 5.41) is 0. The molecule has 0 aromatic heterocycles. The Bertz CT molecular complexity index is 1110. The lowest BCUT2D eigenvalue weighted by molar-refractivity contribution is -0.123. The SMILES string of the molecule is CCOc1ccc(S(=O)(=O)N2CCC(C(=O)N3C[C@@H]4CCCN4c4ccccc43)CC2)cc1. The van der Waals surface area contributed by atoms with Crippen LogP contribution in [0.4, 0.5) is 11.4 Å². The molecular weight excluding hydrogens is 438 g/mol. The average molecular weight is 470 g/mol. The molecule has 0 bridgehead atoms. The van der Waals surface area contributed by atoms with Crippen molar-refractivity contribution in [3.05, 3.63) is 48.5 Å². The first-order valence-corrected chi connectivity index (χ1v) is 13.3. The normalized spacial score (nSPS) is 21.5. The lowest BCUT2D eigenvalue weighted by atomic mass is 9.95. The molecule has 7 nitrogen and oxygen atoms in total. The van der Waals surface area contributed by atoms with Crippen molar-refractivity contribution in [2.24, 2.45) is 5.92 Å². The lowest BCUT2D eigenvalue weighted by Crippen LogP contribution is -2.51. The first kappa shape index (κ1) is 22.2. The van der Waals surface area contributed by atoms with Crippen LogP contribution in [0.5, 0.6) is 5.75 Å². The molecule has 2 aromatic rings. The summed E-state index contributed by atoms with van der Waals surface area (Å²) in [6, 6.07) is 15.1. The van der Waals surface area contributed by atoms with Gasteiger partial charge < -0.3 is 14.5 Å². The minimum atomic E-state index is -3.58. The van der Waals surface area contributed by atoms with Gasteiger partial charge in [-0.1, -0.05) is 12.1 Å². The Morgan fingerprint density at radius 1 is 0.970 bits per heavy atom. The number of benzene rings is 2. The monoisotopic (exact) mass is 469 g/mol. The third-order valence-electron chi connectivity index (χ3n) is 7.09. The van der Waals surface area contributed by atoms with Crippen LogP contribution in [0.1, 0.15) is 32.6 Å². The van der Waals surface area contributed by atoms with Crippen molar-refractivity contribution >= 4 is 27.3 Å². The van der Waals surface area contributed by atoms with Crippen molar-refractivity contribution in [3.63, 3.8) is 0 Å². The highest BCUT2D eigenvalue weighted by Crippen LogP contribution is 2.40. The number of hydrogen-bond acceptors (Lipinski definition) is 5. The molecular formula is C25H31N3O4S. The van der Waals surface area contributed by atoms with Gasteiger partial charge in [0.1, 0.15) is 5.75 Å². The van der Waals surface area contributed by atoms with E-state index in [1.165, 1.54) is 4.31 Å². The molecule has 2 fully saturated rings. The van der Waals surface area contributed by atoms with Crippen LogP contribution in [0.15, 0.2) is 53.4 Å². The molecule has 0 aliphatic carbocycles. The number of carbonyl (C=O) groups is 1. The van der Waals surface area contributed by atoms with Gasteiger partial charge in [-0.15, -0.1) is 0 Å². The zero-order valence-corrected chi connectivity index (χ0v) is 19.8. The number of nitrogens with zero attached hydrogens (tertiary/aromatic N) is 3. The predicted molar refractivity (Wildman–Crippen MR) is 128 cm³/mol. The van der Waals surface area contributed by atoms with Gasteiger partial charge in [0.2, 0.25) is 15.9 Å². The highest BCUT2D eigenvalue weighted by atomic mass is 32.2. The average Bonchev–Trinajstić information content (AvgIpc) is 3.33. The third kappa shape index (κ3) is 4.10. The molecule has 2 aromatic carbocycles. The number of hydrogen-bond donors (Lipinski definition) is 0. The Balaban J connectivity index is 1.27. The van der Waals surface area contributed by atoms with Crippen LogP contribution in [0.25, 0.3) is 0 Å². The fourth-order valence-electron chi connectivity index (χ4n) is 5.38. The van der Waals surface area contributed by atoms with Crippen molar-refractivity contribution < 1.29 is 17.9 Å². The van der Waals surface area contributed by atoms with E-state index < -0.39 is 10.0 Å². The molecule has 0 spiro atoms. The number of rotatable bonds is 5. The van der Waals surface area contributed by atoms with Crippen LogP contribution in [-0.2, 0) is 14.8 Å². The van der Waals surface area contributed by atoms with E-state index in [0.29, 0.717) is 44.3 Å². The molecule has 3 aliphatic rings. The Morgan fingerprint density at radius 2 is 1.67 bits per heavy atom. The van der Waals surface area contributed by atoms with Gasteiger partial charge in [0, 0.05) is 38.1 Å². The summed E-state index contributed by atoms with van der Waals surface area (Å²) in [5.74, 6) is 0.633. The smallest absolute Gasteiger partial charge is 0.243 e. The van der Waals surface area contributed by atoms with Crippen molar-refractivity contribution in [3.8, 4) is 5.75 Å². The van der Waals surface area contributed by atoms with E-state index in [9.17, 15) is 13.2 Å². The second-order valence-electron chi connectivity index (χ2n) is 9.01. The standard InChI is InChI=1S/C25H31N3O4S/c1-2-32-21-9-11-22(12-10-21)33(30,31)26-16-13-19(14-17-26)25(29)28-18-20-6-5-15-27(20)23-7-3-4-8-24(23)28/h3-4,7-12,19-20H,2,5-6,13-18H2,1H3/t20-/m0/s1. The summed E-state index contributed by atoms with van der Waals surface area (Å²) in [6.45, 7) is 4.91. The molecule has 2 saturated heterocycles. The van der Waals surface area contributed by atoms with E-state index >= 15 is 0 Å². The third-order valence-corrected chi connectivity index (χ3v) is 9.01. The summed E-state index contributed by atoms with van der Waals surface area (Å²) in [6.07, 6.45) is 3.35. The van der Waals surface area contributed by atoms with Crippen LogP contribution >= 0.6 is 0 Å². The summed E-state index contributed by atoms with van der Waals surface area (Å²) in [4.78, 5) is 18.2. The van der Waals surface area contributed by atoms with Crippen LogP contribution < -0.4 is 14.5 Å². The second kappa shape index (κ2) is 8.99. The molecule has 1 atom stereocenters. The van der Waals surface area contributed by atoms with Crippen molar-refractivity contribution in [2.75, 3.05) is 42.6 Å². The second-order valence-corrected chi connectivity index (χ2v) is 10.9. The van der Waals surface area contributed by atoms with Gasteiger partial charge in [0.25, 0.3) is 0 Å². The maximum Gasteiger partial charge on any atom is 0.243 e. The number of fused-ring (bicyclic) bond motifs is 3. The Kier molecular flexibility index (Phi) is 6.05. The summed E-state index contributed by atoms with van der Waals surface area (Å²) >= 11 is 0. The van der Waals surface area contributed by atoms with E-state index in [-0.39, 0.29) is 16.7 Å². The van der Waals surface area contributed by atoms with E-state index in [1.54, 1.807) is 24.3 Å². The first-order chi connectivity index (χ1) is 16.0. The molecule has 3 aliphatic heterocycles. The molecule has 1 amide bonds. The highest BCUT2D eigenvalue weighted by molar-refractivity contribution is 7.89. The first-order valence-electron chi connectivity index (χ1n) is 11.9. The van der Waals surface area contributed by atoms with Gasteiger partial charge in [0.05, 0.1) is 22.9 Å². The zero-order chi connectivity index (χ0) is 23.0. The van der Waals surface area contributed by atoms with Gasteiger partial charge >= 0.3 is 0 Å². The van der Waals surface area contributed by atoms with E-state index in [2.05, 4.69) is 11.0 Å². The highest BCUT2D eigenvalue weighted by Gasteiger charge is 2.39. The summed E-state index contributed by atoms with van der Waals surface area (Å²) < 4.78 is 33.1. The molecule has 0 radical (unpaired) electrons. The van der Waals surface area contributed by atoms with Gasteiger partial charge in [0.15, 0.2) is 0 Å². The van der Waals surface area contributed by atoms with Crippen molar-refractivity contribution in [1.29, 1.82) is 0 Å². The number of amides is 1. The number of carbonyl (C=O) groups excluding carboxylic acids is 1. The molecule has 176 valence electrons. The maximum atomic E-state index is 13.6. The summed E-state index contributed by atoms with van der Waals surface area (Å²) in [7, 11) is -3.58. The molecule has 33 heavy (non-hydrogen) atoms. The van der Waals surface area contributed by atoms with Crippen LogP contribution in [-0.4, -0.2) is 57.5 Å². The summed E-state index contributed by atoms with van der Waals surface area (Å²) in [5.41, 5.74) is 2.14. The van der Waals surface area contributed by atoms with Crippen LogP contribution in [0, 0.1) is 5.92 Å².